The molecular weight excluding hydrogens is 567 g/mol. The number of fused-ring (bicyclic) bond motifs is 1. The van der Waals surface area contributed by atoms with Crippen molar-refractivity contribution in [1.82, 2.24) is 24.7 Å². The number of hydrogen-bond donors (Lipinski definition) is 2. The van der Waals surface area contributed by atoms with E-state index in [1.807, 2.05) is 26.2 Å². The zero-order valence-corrected chi connectivity index (χ0v) is 24.4. The molecule has 2 aliphatic heterocycles. The number of piperazine rings is 1. The van der Waals surface area contributed by atoms with E-state index in [4.69, 9.17) is 9.47 Å². The summed E-state index contributed by atoms with van der Waals surface area (Å²) in [5, 5.41) is 13.1. The number of halogens is 3. The van der Waals surface area contributed by atoms with E-state index in [0.29, 0.717) is 36.3 Å². The number of methoxy groups -OCH3 is 1. The van der Waals surface area contributed by atoms with Gasteiger partial charge in [-0.05, 0) is 37.9 Å². The molecule has 11 nitrogen and oxygen atoms in total. The van der Waals surface area contributed by atoms with Crippen LogP contribution in [0.2, 0.25) is 0 Å². The summed E-state index contributed by atoms with van der Waals surface area (Å²) in [6.45, 7) is 3.95. The van der Waals surface area contributed by atoms with Crippen LogP contribution in [-0.2, 0) is 12.7 Å². The Bertz CT molecular complexity index is 1480. The number of alkyl halides is 3. The van der Waals surface area contributed by atoms with Crippen molar-refractivity contribution in [3.63, 3.8) is 0 Å². The number of carbonyl (C=O) groups excluding carboxylic acids is 1. The third-order valence-electron chi connectivity index (χ3n) is 7.53. The summed E-state index contributed by atoms with van der Waals surface area (Å²) in [7, 11) is 6.78. The number of aromatic nitrogens is 2. The lowest BCUT2D eigenvalue weighted by molar-refractivity contribution is -0.139. The highest BCUT2D eigenvalue weighted by Crippen LogP contribution is 2.40. The molecule has 1 aromatic heterocycles. The van der Waals surface area contributed by atoms with E-state index in [1.54, 1.807) is 30.1 Å². The zero-order valence-electron chi connectivity index (χ0n) is 24.4. The van der Waals surface area contributed by atoms with Gasteiger partial charge >= 0.3 is 6.18 Å². The third-order valence-corrected chi connectivity index (χ3v) is 7.53. The van der Waals surface area contributed by atoms with E-state index in [1.165, 1.54) is 18.1 Å². The molecule has 3 aromatic rings. The number of nitrogens with zero attached hydrogens (tertiary/aromatic N) is 6. The van der Waals surface area contributed by atoms with Crippen molar-refractivity contribution in [2.24, 2.45) is 0 Å². The molecule has 1 amide bonds. The Hall–Kier alpha value is -4.14. The summed E-state index contributed by atoms with van der Waals surface area (Å²) in [6, 6.07) is 10.3. The smallest absolute Gasteiger partial charge is 0.423 e. The highest BCUT2D eigenvalue weighted by molar-refractivity contribution is 6.00. The number of amides is 1. The van der Waals surface area contributed by atoms with Crippen molar-refractivity contribution >= 4 is 23.2 Å². The average molecular weight is 602 g/mol. The summed E-state index contributed by atoms with van der Waals surface area (Å²) in [5.74, 6) is -0.778. The fourth-order valence-corrected chi connectivity index (χ4v) is 5.04. The predicted molar refractivity (Wildman–Crippen MR) is 154 cm³/mol. The second-order valence-corrected chi connectivity index (χ2v) is 10.7. The number of anilines is 3. The zero-order chi connectivity index (χ0) is 30.9. The van der Waals surface area contributed by atoms with Crippen molar-refractivity contribution in [3.8, 4) is 17.4 Å². The summed E-state index contributed by atoms with van der Waals surface area (Å²) in [6.07, 6.45) is -4.68. The van der Waals surface area contributed by atoms with Crippen LogP contribution < -0.4 is 19.7 Å². The summed E-state index contributed by atoms with van der Waals surface area (Å²) in [5.41, 5.74) is 1.05. The maximum Gasteiger partial charge on any atom is 0.423 e. The summed E-state index contributed by atoms with van der Waals surface area (Å²) < 4.78 is 52.9. The molecule has 0 radical (unpaired) electrons. The Labute approximate surface area is 247 Å². The average Bonchev–Trinajstić information content (AvgIpc) is 3.26. The molecule has 5 rings (SSSR count). The van der Waals surface area contributed by atoms with Crippen LogP contribution in [0.5, 0.6) is 17.4 Å². The van der Waals surface area contributed by atoms with Crippen molar-refractivity contribution < 1.29 is 32.5 Å². The predicted octanol–water partition coefficient (Wildman–Crippen LogP) is 3.63. The maximum absolute atomic E-state index is 13.9. The van der Waals surface area contributed by atoms with Gasteiger partial charge < -0.3 is 29.7 Å². The van der Waals surface area contributed by atoms with Gasteiger partial charge in [-0.25, -0.2) is 4.98 Å². The van der Waals surface area contributed by atoms with E-state index < -0.39 is 23.8 Å². The van der Waals surface area contributed by atoms with Crippen LogP contribution in [0.15, 0.2) is 42.6 Å². The number of hydrogen-bond acceptors (Lipinski definition) is 10. The van der Waals surface area contributed by atoms with E-state index >= 15 is 0 Å². The van der Waals surface area contributed by atoms with E-state index in [0.717, 1.165) is 31.9 Å². The van der Waals surface area contributed by atoms with Gasteiger partial charge in [0.25, 0.3) is 5.91 Å². The number of aliphatic hydroxyl groups is 1. The van der Waals surface area contributed by atoms with Crippen LogP contribution in [-0.4, -0.2) is 103 Å². The molecule has 1 unspecified atom stereocenters. The molecule has 2 aliphatic rings. The standard InChI is InChI=1S/C29H34F3N7O4/c1-36(2)24(40)17-38-10-12-39(13-11-38)19-8-9-21(23(14-19)42-4)34-28-33-15-20(29(30,31)32)26(35-28)43-22-7-5-6-18-16-37(3)27(41)25(18)22/h5-9,14-15,24,40H,10-13,16-17H2,1-4H3,(H,33,34,35). The minimum atomic E-state index is -4.79. The molecule has 0 bridgehead atoms. The lowest BCUT2D eigenvalue weighted by atomic mass is 10.1. The highest BCUT2D eigenvalue weighted by atomic mass is 19.4. The monoisotopic (exact) mass is 601 g/mol. The molecule has 0 aliphatic carbocycles. The highest BCUT2D eigenvalue weighted by Gasteiger charge is 2.37. The van der Waals surface area contributed by atoms with Gasteiger partial charge in [0.05, 0.1) is 18.4 Å². The molecule has 230 valence electrons. The Balaban J connectivity index is 1.35. The largest absolute Gasteiger partial charge is 0.494 e. The Morgan fingerprint density at radius 3 is 2.53 bits per heavy atom. The van der Waals surface area contributed by atoms with Crippen LogP contribution in [0.3, 0.4) is 0 Å². The van der Waals surface area contributed by atoms with Crippen molar-refractivity contribution in [2.75, 3.05) is 71.2 Å². The topological polar surface area (TPSA) is 107 Å². The molecule has 1 fully saturated rings. The van der Waals surface area contributed by atoms with E-state index in [2.05, 4.69) is 25.1 Å². The van der Waals surface area contributed by atoms with Gasteiger partial charge in [-0.15, -0.1) is 0 Å². The number of likely N-dealkylation sites (N-methyl/N-ethyl adjacent to an activating group) is 1. The van der Waals surface area contributed by atoms with Gasteiger partial charge in [0.1, 0.15) is 23.3 Å². The normalized spacial score (nSPS) is 16.4. The summed E-state index contributed by atoms with van der Waals surface area (Å²) in [4.78, 5) is 28.2. The lowest BCUT2D eigenvalue weighted by Crippen LogP contribution is -2.50. The van der Waals surface area contributed by atoms with Crippen molar-refractivity contribution in [3.05, 3.63) is 59.3 Å². The number of ether oxygens (including phenoxy) is 2. The number of nitrogens with one attached hydrogen (secondary N) is 1. The Morgan fingerprint density at radius 1 is 1.12 bits per heavy atom. The first-order valence-electron chi connectivity index (χ1n) is 13.7. The number of carbonyl (C=O) groups is 1. The molecule has 14 heteroatoms. The van der Waals surface area contributed by atoms with E-state index in [9.17, 15) is 23.1 Å². The van der Waals surface area contributed by atoms with Gasteiger partial charge in [-0.1, -0.05) is 12.1 Å². The number of benzene rings is 2. The van der Waals surface area contributed by atoms with Crippen molar-refractivity contribution in [1.29, 1.82) is 0 Å². The van der Waals surface area contributed by atoms with Gasteiger partial charge in [0.15, 0.2) is 0 Å². The Kier molecular flexibility index (Phi) is 8.62. The Morgan fingerprint density at radius 2 is 1.86 bits per heavy atom. The third kappa shape index (κ3) is 6.60. The number of aliphatic hydroxyl groups excluding tert-OH is 1. The molecule has 1 atom stereocenters. The molecular formula is C29H34F3N7O4. The van der Waals surface area contributed by atoms with Crippen LogP contribution in [0.25, 0.3) is 0 Å². The van der Waals surface area contributed by atoms with Gasteiger partial charge in [0.2, 0.25) is 11.8 Å². The molecule has 2 aromatic carbocycles. The molecule has 43 heavy (non-hydrogen) atoms. The second-order valence-electron chi connectivity index (χ2n) is 10.7. The van der Waals surface area contributed by atoms with Crippen LogP contribution >= 0.6 is 0 Å². The number of β-amino-alcohol motifs (C(OH)–C–C–N with tert-alkyl or cyclic N) is 1. The first kappa shape index (κ1) is 30.3. The minimum absolute atomic E-state index is 0.0137. The summed E-state index contributed by atoms with van der Waals surface area (Å²) >= 11 is 0. The molecule has 2 N–H and O–H groups in total. The van der Waals surface area contributed by atoms with Crippen LogP contribution in [0.1, 0.15) is 21.5 Å². The minimum Gasteiger partial charge on any atom is -0.494 e. The maximum atomic E-state index is 13.9. The molecule has 0 saturated carbocycles. The van der Waals surface area contributed by atoms with E-state index in [-0.39, 0.29) is 23.2 Å². The molecule has 1 saturated heterocycles. The number of rotatable bonds is 9. The van der Waals surface area contributed by atoms with Crippen LogP contribution in [0, 0.1) is 0 Å². The fourth-order valence-electron chi connectivity index (χ4n) is 5.04. The fraction of sp³-hybridized carbons (Fsp3) is 0.414. The first-order chi connectivity index (χ1) is 20.4. The lowest BCUT2D eigenvalue weighted by Gasteiger charge is -2.37. The SMILES string of the molecule is COc1cc(N2CCN(CC(O)N(C)C)CC2)ccc1Nc1ncc(C(F)(F)F)c(Oc2cccc3c2C(=O)N(C)C3)n1. The second kappa shape index (κ2) is 12.2. The molecule has 0 spiro atoms. The first-order valence-corrected chi connectivity index (χ1v) is 13.7. The van der Waals surface area contributed by atoms with Crippen LogP contribution in [0.4, 0.5) is 30.5 Å². The quantitative estimate of drug-likeness (QED) is 0.353. The van der Waals surface area contributed by atoms with Gasteiger partial charge in [0, 0.05) is 64.3 Å². The van der Waals surface area contributed by atoms with Gasteiger partial charge in [-0.2, -0.15) is 18.2 Å². The molecule has 3 heterocycles. The van der Waals surface area contributed by atoms with Crippen molar-refractivity contribution in [2.45, 2.75) is 18.9 Å². The van der Waals surface area contributed by atoms with Gasteiger partial charge in [-0.3, -0.25) is 14.6 Å².